The lowest BCUT2D eigenvalue weighted by Crippen LogP contribution is -2.26. The second-order valence-corrected chi connectivity index (χ2v) is 5.51. The topological polar surface area (TPSA) is 53.9 Å². The van der Waals surface area contributed by atoms with Crippen LogP contribution in [0.25, 0.3) is 0 Å². The summed E-state index contributed by atoms with van der Waals surface area (Å²) in [6, 6.07) is 0.401. The summed E-state index contributed by atoms with van der Waals surface area (Å²) in [4.78, 5) is 15.0. The number of nitrogens with one attached hydrogen (secondary N) is 1. The van der Waals surface area contributed by atoms with Crippen molar-refractivity contribution < 1.29 is 0 Å². The minimum Gasteiger partial charge on any atom is -0.351 e. The van der Waals surface area contributed by atoms with Gasteiger partial charge in [-0.1, -0.05) is 33.1 Å². The van der Waals surface area contributed by atoms with Gasteiger partial charge in [-0.2, -0.15) is 15.0 Å². The number of hydrogen-bond acceptors (Lipinski definition) is 5. The van der Waals surface area contributed by atoms with Gasteiger partial charge in [0.2, 0.25) is 17.2 Å². The first-order valence-corrected chi connectivity index (χ1v) is 8.45. The molecule has 120 valence electrons. The van der Waals surface area contributed by atoms with E-state index >= 15 is 0 Å². The third-order valence-electron chi connectivity index (χ3n) is 3.52. The molecule has 1 N–H and O–H groups in total. The Morgan fingerprint density at radius 1 is 1.00 bits per heavy atom. The van der Waals surface area contributed by atoms with Crippen molar-refractivity contribution in [2.45, 2.75) is 65.8 Å². The maximum atomic E-state index is 6.04. The fourth-order valence-electron chi connectivity index (χ4n) is 2.32. The lowest BCUT2D eigenvalue weighted by atomic mass is 10.1. The SMILES string of the molecule is CCCCC(CCC)Nc1nc(Cl)nc(N(CC)CC)n1. The average Bonchev–Trinajstić information content (AvgIpc) is 2.46. The van der Waals surface area contributed by atoms with Crippen molar-refractivity contribution in [1.29, 1.82) is 0 Å². The van der Waals surface area contributed by atoms with Crippen LogP contribution in [-0.4, -0.2) is 34.1 Å². The molecule has 1 atom stereocenters. The fourth-order valence-corrected chi connectivity index (χ4v) is 2.48. The van der Waals surface area contributed by atoms with E-state index in [2.05, 4.69) is 52.9 Å². The molecule has 0 saturated heterocycles. The highest BCUT2D eigenvalue weighted by molar-refractivity contribution is 6.28. The van der Waals surface area contributed by atoms with E-state index in [0.29, 0.717) is 17.9 Å². The van der Waals surface area contributed by atoms with Gasteiger partial charge in [-0.15, -0.1) is 0 Å². The zero-order valence-electron chi connectivity index (χ0n) is 13.7. The first-order chi connectivity index (χ1) is 10.1. The lowest BCUT2D eigenvalue weighted by Gasteiger charge is -2.21. The minimum absolute atomic E-state index is 0.250. The number of anilines is 2. The van der Waals surface area contributed by atoms with Crippen LogP contribution in [0.2, 0.25) is 5.28 Å². The number of unbranched alkanes of at least 4 members (excludes halogenated alkanes) is 1. The Hall–Kier alpha value is -1.10. The maximum Gasteiger partial charge on any atom is 0.231 e. The fraction of sp³-hybridized carbons (Fsp3) is 0.800. The zero-order chi connectivity index (χ0) is 15.7. The lowest BCUT2D eigenvalue weighted by molar-refractivity contribution is 0.560. The van der Waals surface area contributed by atoms with Crippen molar-refractivity contribution in [2.75, 3.05) is 23.3 Å². The van der Waals surface area contributed by atoms with Gasteiger partial charge in [-0.3, -0.25) is 0 Å². The highest BCUT2D eigenvalue weighted by Gasteiger charge is 2.13. The van der Waals surface area contributed by atoms with Crippen molar-refractivity contribution in [3.05, 3.63) is 5.28 Å². The molecule has 6 heteroatoms. The molecule has 0 spiro atoms. The first kappa shape index (κ1) is 18.0. The Morgan fingerprint density at radius 3 is 2.29 bits per heavy atom. The average molecular weight is 314 g/mol. The van der Waals surface area contributed by atoms with E-state index in [1.165, 1.54) is 12.8 Å². The summed E-state index contributed by atoms with van der Waals surface area (Å²) in [5.74, 6) is 1.24. The highest BCUT2D eigenvalue weighted by atomic mass is 35.5. The van der Waals surface area contributed by atoms with Gasteiger partial charge in [-0.05, 0) is 38.3 Å². The second kappa shape index (κ2) is 9.77. The van der Waals surface area contributed by atoms with E-state index < -0.39 is 0 Å². The predicted molar refractivity (Wildman–Crippen MR) is 90.2 cm³/mol. The third kappa shape index (κ3) is 6.04. The van der Waals surface area contributed by atoms with Crippen LogP contribution in [-0.2, 0) is 0 Å². The van der Waals surface area contributed by atoms with Crippen molar-refractivity contribution in [2.24, 2.45) is 0 Å². The molecule has 0 fully saturated rings. The van der Waals surface area contributed by atoms with Gasteiger partial charge in [0.25, 0.3) is 0 Å². The van der Waals surface area contributed by atoms with Gasteiger partial charge < -0.3 is 10.2 Å². The number of aromatic nitrogens is 3. The molecule has 21 heavy (non-hydrogen) atoms. The van der Waals surface area contributed by atoms with Gasteiger partial charge in [-0.25, -0.2) is 0 Å². The molecule has 0 radical (unpaired) electrons. The van der Waals surface area contributed by atoms with Crippen LogP contribution in [0, 0.1) is 0 Å². The summed E-state index contributed by atoms with van der Waals surface area (Å²) >= 11 is 6.04. The van der Waals surface area contributed by atoms with Gasteiger partial charge in [0.05, 0.1) is 0 Å². The van der Waals surface area contributed by atoms with Gasteiger partial charge in [0.1, 0.15) is 0 Å². The number of nitrogens with zero attached hydrogens (tertiary/aromatic N) is 4. The van der Waals surface area contributed by atoms with E-state index in [1.54, 1.807) is 0 Å². The Labute approximate surface area is 133 Å². The molecule has 1 unspecified atom stereocenters. The molecular weight excluding hydrogens is 286 g/mol. The summed E-state index contributed by atoms with van der Waals surface area (Å²) in [5, 5.41) is 3.68. The van der Waals surface area contributed by atoms with E-state index in [-0.39, 0.29) is 5.28 Å². The normalized spacial score (nSPS) is 12.2. The van der Waals surface area contributed by atoms with Crippen LogP contribution in [0.15, 0.2) is 0 Å². The molecular formula is C15H28ClN5. The van der Waals surface area contributed by atoms with Crippen LogP contribution in [0.5, 0.6) is 0 Å². The van der Waals surface area contributed by atoms with Crippen molar-refractivity contribution in [1.82, 2.24) is 15.0 Å². The summed E-state index contributed by atoms with van der Waals surface area (Å²) in [7, 11) is 0. The summed E-state index contributed by atoms with van der Waals surface area (Å²) < 4.78 is 0. The Morgan fingerprint density at radius 2 is 1.71 bits per heavy atom. The molecule has 1 aromatic heterocycles. The van der Waals surface area contributed by atoms with Crippen molar-refractivity contribution in [3.63, 3.8) is 0 Å². The summed E-state index contributed by atoms with van der Waals surface area (Å²) in [6.07, 6.45) is 5.80. The van der Waals surface area contributed by atoms with Crippen molar-refractivity contribution in [3.8, 4) is 0 Å². The minimum atomic E-state index is 0.250. The van der Waals surface area contributed by atoms with Crippen LogP contribution in [0.4, 0.5) is 11.9 Å². The van der Waals surface area contributed by atoms with E-state index in [0.717, 1.165) is 32.4 Å². The smallest absolute Gasteiger partial charge is 0.231 e. The monoisotopic (exact) mass is 313 g/mol. The highest BCUT2D eigenvalue weighted by Crippen LogP contribution is 2.17. The van der Waals surface area contributed by atoms with E-state index in [1.807, 2.05) is 0 Å². The Balaban J connectivity index is 2.85. The summed E-state index contributed by atoms with van der Waals surface area (Å²) in [5.41, 5.74) is 0. The Kier molecular flexibility index (Phi) is 8.35. The van der Waals surface area contributed by atoms with Crippen LogP contribution in [0.1, 0.15) is 59.8 Å². The molecule has 0 aromatic carbocycles. The zero-order valence-corrected chi connectivity index (χ0v) is 14.4. The first-order valence-electron chi connectivity index (χ1n) is 8.07. The van der Waals surface area contributed by atoms with Gasteiger partial charge in [0.15, 0.2) is 0 Å². The van der Waals surface area contributed by atoms with Gasteiger partial charge in [0, 0.05) is 19.1 Å². The van der Waals surface area contributed by atoms with E-state index in [9.17, 15) is 0 Å². The number of rotatable bonds is 10. The third-order valence-corrected chi connectivity index (χ3v) is 3.69. The number of halogens is 1. The van der Waals surface area contributed by atoms with E-state index in [4.69, 9.17) is 11.6 Å². The Bertz CT molecular complexity index is 409. The van der Waals surface area contributed by atoms with Crippen LogP contribution >= 0.6 is 11.6 Å². The largest absolute Gasteiger partial charge is 0.351 e. The second-order valence-electron chi connectivity index (χ2n) is 5.17. The molecule has 0 aliphatic rings. The maximum absolute atomic E-state index is 6.04. The van der Waals surface area contributed by atoms with Crippen LogP contribution < -0.4 is 10.2 Å². The molecule has 1 rings (SSSR count). The molecule has 5 nitrogen and oxygen atoms in total. The molecule has 0 bridgehead atoms. The molecule has 1 aromatic rings. The molecule has 0 aliphatic carbocycles. The van der Waals surface area contributed by atoms with Gasteiger partial charge >= 0.3 is 0 Å². The molecule has 0 saturated carbocycles. The molecule has 0 amide bonds. The standard InChI is InChI=1S/C15H28ClN5/c1-5-9-11-12(10-6-2)17-14-18-13(16)19-15(20-14)21(7-3)8-4/h12H,5-11H2,1-4H3,(H,17,18,19,20). The quantitative estimate of drug-likeness (QED) is 0.703. The predicted octanol–water partition coefficient (Wildman–Crippen LogP) is 4.14. The molecule has 1 heterocycles. The summed E-state index contributed by atoms with van der Waals surface area (Å²) in [6.45, 7) is 10.3. The number of hydrogen-bond donors (Lipinski definition) is 1. The van der Waals surface area contributed by atoms with Crippen LogP contribution in [0.3, 0.4) is 0 Å². The van der Waals surface area contributed by atoms with Crippen molar-refractivity contribution >= 4 is 23.5 Å². The molecule has 0 aliphatic heterocycles.